The topological polar surface area (TPSA) is 93.6 Å². The molecule has 0 radical (unpaired) electrons. The number of aryl methyl sites for hydroxylation is 1. The number of aliphatic carboxylic acids is 1. The van der Waals surface area contributed by atoms with E-state index in [0.717, 1.165) is 6.07 Å². The van der Waals surface area contributed by atoms with Gasteiger partial charge in [0.15, 0.2) is 6.29 Å². The molecule has 0 amide bonds. The first-order valence-electron chi connectivity index (χ1n) is 9.02. The van der Waals surface area contributed by atoms with Crippen molar-refractivity contribution in [3.63, 3.8) is 0 Å². The molecule has 1 aromatic heterocycles. The van der Waals surface area contributed by atoms with Crippen molar-refractivity contribution in [2.45, 2.75) is 38.8 Å². The minimum absolute atomic E-state index is 0.0392. The lowest BCUT2D eigenvalue weighted by atomic mass is 10.0. The average molecular weight is 429 g/mol. The molecule has 2 heterocycles. The first-order valence-corrected chi connectivity index (χ1v) is 9.02. The number of nitrogens with one attached hydrogen (secondary N) is 1. The van der Waals surface area contributed by atoms with E-state index in [9.17, 15) is 22.4 Å². The minimum Gasteiger partial charge on any atom is -0.479 e. The molecule has 1 aliphatic heterocycles. The average Bonchev–Trinajstić information content (AvgIpc) is 3.20. The highest BCUT2D eigenvalue weighted by Crippen LogP contribution is 2.37. The van der Waals surface area contributed by atoms with Gasteiger partial charge in [0, 0.05) is 5.56 Å². The second kappa shape index (κ2) is 8.92. The molecule has 1 saturated heterocycles. The van der Waals surface area contributed by atoms with E-state index >= 15 is 0 Å². The summed E-state index contributed by atoms with van der Waals surface area (Å²) in [5.74, 6) is -2.83. The van der Waals surface area contributed by atoms with Crippen LogP contribution in [0.25, 0.3) is 0 Å². The zero-order valence-corrected chi connectivity index (χ0v) is 16.0. The molecule has 1 aromatic carbocycles. The Kier molecular flexibility index (Phi) is 6.52. The SMILES string of the molecule is Cc1nc(N[C@H](C)c2cccc(C(F)F)c2F)c(C2OCCO2)c(C(F)C(=O)O)n1. The molecule has 2 N–H and O–H groups in total. The number of benzene rings is 1. The van der Waals surface area contributed by atoms with Crippen molar-refractivity contribution < 1.29 is 36.9 Å². The molecular formula is C19H19F4N3O4. The molecule has 11 heteroatoms. The third kappa shape index (κ3) is 4.36. The highest BCUT2D eigenvalue weighted by molar-refractivity contribution is 5.75. The van der Waals surface area contributed by atoms with Gasteiger partial charge in [0.2, 0.25) is 6.17 Å². The molecular weight excluding hydrogens is 410 g/mol. The van der Waals surface area contributed by atoms with E-state index < -0.39 is 48.0 Å². The normalized spacial score (nSPS) is 16.6. The van der Waals surface area contributed by atoms with Crippen molar-refractivity contribution in [1.29, 1.82) is 0 Å². The number of ether oxygens (including phenoxy) is 2. The quantitative estimate of drug-likeness (QED) is 0.638. The second-order valence-electron chi connectivity index (χ2n) is 6.61. The van der Waals surface area contributed by atoms with Crippen molar-refractivity contribution in [2.75, 3.05) is 18.5 Å². The Labute approximate surface area is 169 Å². The van der Waals surface area contributed by atoms with E-state index in [1.807, 2.05) is 0 Å². The first-order chi connectivity index (χ1) is 14.2. The van der Waals surface area contributed by atoms with Crippen LogP contribution in [-0.2, 0) is 14.3 Å². The van der Waals surface area contributed by atoms with Crippen molar-refractivity contribution in [1.82, 2.24) is 9.97 Å². The fraction of sp³-hybridized carbons (Fsp3) is 0.421. The van der Waals surface area contributed by atoms with Crippen LogP contribution in [0.3, 0.4) is 0 Å². The molecule has 2 atom stereocenters. The maximum absolute atomic E-state index is 14.5. The van der Waals surface area contributed by atoms with Crippen LogP contribution in [0.2, 0.25) is 0 Å². The summed E-state index contributed by atoms with van der Waals surface area (Å²) in [5, 5.41) is 11.9. The summed E-state index contributed by atoms with van der Waals surface area (Å²) in [6.45, 7) is 3.28. The van der Waals surface area contributed by atoms with E-state index in [4.69, 9.17) is 14.6 Å². The monoisotopic (exact) mass is 429 g/mol. The van der Waals surface area contributed by atoms with Gasteiger partial charge in [-0.2, -0.15) is 0 Å². The van der Waals surface area contributed by atoms with Crippen LogP contribution in [0.4, 0.5) is 23.4 Å². The molecule has 0 aliphatic carbocycles. The minimum atomic E-state index is -3.00. The Morgan fingerprint density at radius 2 is 1.83 bits per heavy atom. The molecule has 1 fully saturated rings. The van der Waals surface area contributed by atoms with Crippen LogP contribution in [-0.4, -0.2) is 34.3 Å². The summed E-state index contributed by atoms with van der Waals surface area (Å²) in [6, 6.07) is 2.72. The molecule has 30 heavy (non-hydrogen) atoms. The predicted octanol–water partition coefficient (Wildman–Crippen LogP) is 4.18. The number of carboxylic acid groups (broad SMARTS) is 1. The fourth-order valence-electron chi connectivity index (χ4n) is 3.13. The van der Waals surface area contributed by atoms with E-state index in [0.29, 0.717) is 0 Å². The lowest BCUT2D eigenvalue weighted by Crippen LogP contribution is -2.20. The van der Waals surface area contributed by atoms with Crippen LogP contribution < -0.4 is 5.32 Å². The number of aromatic nitrogens is 2. The molecule has 0 bridgehead atoms. The van der Waals surface area contributed by atoms with E-state index in [1.54, 1.807) is 0 Å². The summed E-state index contributed by atoms with van der Waals surface area (Å²) in [4.78, 5) is 19.3. The van der Waals surface area contributed by atoms with Crippen molar-refractivity contribution >= 4 is 11.8 Å². The third-order valence-corrected chi connectivity index (χ3v) is 4.51. The Balaban J connectivity index is 2.05. The lowest BCUT2D eigenvalue weighted by molar-refractivity contribution is -0.143. The lowest BCUT2D eigenvalue weighted by Gasteiger charge is -2.23. The Morgan fingerprint density at radius 1 is 1.20 bits per heavy atom. The van der Waals surface area contributed by atoms with Crippen LogP contribution in [0, 0.1) is 12.7 Å². The van der Waals surface area contributed by atoms with Gasteiger partial charge in [-0.1, -0.05) is 18.2 Å². The molecule has 0 spiro atoms. The Bertz CT molecular complexity index is 938. The number of hydrogen-bond donors (Lipinski definition) is 2. The molecule has 162 valence electrons. The molecule has 3 rings (SSSR count). The van der Waals surface area contributed by atoms with Crippen molar-refractivity contribution in [2.24, 2.45) is 0 Å². The fourth-order valence-corrected chi connectivity index (χ4v) is 3.13. The summed E-state index contributed by atoms with van der Waals surface area (Å²) >= 11 is 0. The first kappa shape index (κ1) is 21.9. The number of halogens is 4. The number of nitrogens with zero attached hydrogens (tertiary/aromatic N) is 2. The van der Waals surface area contributed by atoms with Gasteiger partial charge in [-0.3, -0.25) is 0 Å². The molecule has 1 unspecified atom stereocenters. The van der Waals surface area contributed by atoms with Crippen LogP contribution in [0.5, 0.6) is 0 Å². The van der Waals surface area contributed by atoms with Gasteiger partial charge in [-0.25, -0.2) is 32.3 Å². The Hall–Kier alpha value is -2.79. The van der Waals surface area contributed by atoms with E-state index in [2.05, 4.69) is 15.3 Å². The van der Waals surface area contributed by atoms with Crippen molar-refractivity contribution in [3.05, 3.63) is 52.2 Å². The number of rotatable bonds is 7. The van der Waals surface area contributed by atoms with Gasteiger partial charge in [-0.15, -0.1) is 0 Å². The highest BCUT2D eigenvalue weighted by Gasteiger charge is 2.34. The van der Waals surface area contributed by atoms with Gasteiger partial charge >= 0.3 is 5.97 Å². The number of carbonyl (C=O) groups is 1. The van der Waals surface area contributed by atoms with E-state index in [1.165, 1.54) is 26.0 Å². The highest BCUT2D eigenvalue weighted by atomic mass is 19.3. The standard InChI is InChI=1S/C19H19F4N3O4/c1-8(10-4-3-5-11(13(10)20)16(22)23)24-17-12(19-29-6-7-30-19)15(14(21)18(27)28)25-9(2)26-17/h3-5,8,14,16,19H,6-7H2,1-2H3,(H,27,28)(H,24,25,26)/t8-,14?/m1/s1. The smallest absolute Gasteiger partial charge is 0.344 e. The number of anilines is 1. The largest absolute Gasteiger partial charge is 0.479 e. The van der Waals surface area contributed by atoms with Gasteiger partial charge < -0.3 is 19.9 Å². The summed E-state index contributed by atoms with van der Waals surface area (Å²) in [6.07, 6.45) is -6.61. The molecule has 1 aliphatic rings. The van der Waals surface area contributed by atoms with Gasteiger partial charge in [0.05, 0.1) is 30.4 Å². The third-order valence-electron chi connectivity index (χ3n) is 4.51. The zero-order valence-electron chi connectivity index (χ0n) is 16.0. The van der Waals surface area contributed by atoms with Crippen LogP contribution >= 0.6 is 0 Å². The van der Waals surface area contributed by atoms with Gasteiger partial charge in [-0.05, 0) is 13.8 Å². The predicted molar refractivity (Wildman–Crippen MR) is 96.3 cm³/mol. The van der Waals surface area contributed by atoms with Crippen LogP contribution in [0.1, 0.15) is 60.1 Å². The zero-order chi connectivity index (χ0) is 22.0. The second-order valence-corrected chi connectivity index (χ2v) is 6.61. The Morgan fingerprint density at radius 3 is 2.43 bits per heavy atom. The number of carboxylic acids is 1. The van der Waals surface area contributed by atoms with Gasteiger partial charge in [0.25, 0.3) is 6.43 Å². The van der Waals surface area contributed by atoms with E-state index in [-0.39, 0.29) is 36.0 Å². The van der Waals surface area contributed by atoms with Gasteiger partial charge in [0.1, 0.15) is 23.2 Å². The number of alkyl halides is 3. The van der Waals surface area contributed by atoms with Crippen LogP contribution in [0.15, 0.2) is 18.2 Å². The molecule has 2 aromatic rings. The maximum Gasteiger partial charge on any atom is 0.344 e. The maximum atomic E-state index is 14.5. The molecule has 0 saturated carbocycles. The summed E-state index contributed by atoms with van der Waals surface area (Å²) in [7, 11) is 0. The van der Waals surface area contributed by atoms with Crippen molar-refractivity contribution in [3.8, 4) is 0 Å². The molecule has 7 nitrogen and oxygen atoms in total. The summed E-state index contributed by atoms with van der Waals surface area (Å²) in [5.41, 5.74) is -1.36. The number of hydrogen-bond acceptors (Lipinski definition) is 6. The summed E-state index contributed by atoms with van der Waals surface area (Å²) < 4.78 is 65.8.